The number of amides is 2. The highest BCUT2D eigenvalue weighted by Crippen LogP contribution is 2.34. The number of carbonyl (C=O) groups is 2. The summed E-state index contributed by atoms with van der Waals surface area (Å²) in [6.45, 7) is 4.48. The standard InChI is InChI=1S/C21H20N4O2S/c1-13-6-5-8-16(10-13)25-12-15(11-18(25)26)20-23-24-21(28-20)22-19(27)17-9-4-3-7-14(17)2/h3-10,15H,11-12H2,1-2H3,(H,22,24,27). The van der Waals surface area contributed by atoms with Crippen molar-refractivity contribution in [2.24, 2.45) is 0 Å². The molecule has 1 atom stereocenters. The second-order valence-corrected chi connectivity index (χ2v) is 7.97. The van der Waals surface area contributed by atoms with E-state index in [2.05, 4.69) is 15.5 Å². The van der Waals surface area contributed by atoms with Gasteiger partial charge in [0.05, 0.1) is 0 Å². The van der Waals surface area contributed by atoms with Crippen molar-refractivity contribution in [1.29, 1.82) is 0 Å². The van der Waals surface area contributed by atoms with Crippen molar-refractivity contribution in [3.8, 4) is 0 Å². The molecule has 3 aromatic rings. The summed E-state index contributed by atoms with van der Waals surface area (Å²) in [7, 11) is 0. The van der Waals surface area contributed by atoms with Crippen LogP contribution in [0.3, 0.4) is 0 Å². The van der Waals surface area contributed by atoms with Gasteiger partial charge in [-0.2, -0.15) is 0 Å². The van der Waals surface area contributed by atoms with Crippen LogP contribution in [0.4, 0.5) is 10.8 Å². The molecule has 142 valence electrons. The van der Waals surface area contributed by atoms with Crippen LogP contribution in [0.2, 0.25) is 0 Å². The Bertz CT molecular complexity index is 1050. The van der Waals surface area contributed by atoms with Gasteiger partial charge in [-0.3, -0.25) is 14.9 Å². The van der Waals surface area contributed by atoms with Crippen LogP contribution < -0.4 is 10.2 Å². The number of carbonyl (C=O) groups excluding carboxylic acids is 2. The number of benzene rings is 2. The van der Waals surface area contributed by atoms with Gasteiger partial charge >= 0.3 is 0 Å². The summed E-state index contributed by atoms with van der Waals surface area (Å²) in [5.74, 6) is -0.143. The van der Waals surface area contributed by atoms with E-state index in [0.29, 0.717) is 23.7 Å². The molecule has 2 aromatic carbocycles. The minimum absolute atomic E-state index is 0.0189. The number of nitrogens with zero attached hydrogens (tertiary/aromatic N) is 3. The quantitative estimate of drug-likeness (QED) is 0.730. The predicted molar refractivity (Wildman–Crippen MR) is 110 cm³/mol. The molecule has 1 N–H and O–H groups in total. The van der Waals surface area contributed by atoms with Crippen LogP contribution >= 0.6 is 11.3 Å². The summed E-state index contributed by atoms with van der Waals surface area (Å²) in [6.07, 6.45) is 0.397. The predicted octanol–water partition coefficient (Wildman–Crippen LogP) is 3.93. The zero-order valence-electron chi connectivity index (χ0n) is 15.7. The van der Waals surface area contributed by atoms with Crippen LogP contribution in [0.15, 0.2) is 48.5 Å². The molecule has 1 aliphatic rings. The summed E-state index contributed by atoms with van der Waals surface area (Å²) in [6, 6.07) is 15.3. The molecule has 0 bridgehead atoms. The van der Waals surface area contributed by atoms with E-state index in [9.17, 15) is 9.59 Å². The van der Waals surface area contributed by atoms with Gasteiger partial charge in [-0.15, -0.1) is 10.2 Å². The topological polar surface area (TPSA) is 75.2 Å². The van der Waals surface area contributed by atoms with Crippen molar-refractivity contribution < 1.29 is 9.59 Å². The van der Waals surface area contributed by atoms with Crippen LogP contribution in [-0.2, 0) is 4.79 Å². The maximum absolute atomic E-state index is 12.5. The molecular weight excluding hydrogens is 372 g/mol. The zero-order valence-corrected chi connectivity index (χ0v) is 16.5. The van der Waals surface area contributed by atoms with Gasteiger partial charge in [0.2, 0.25) is 11.0 Å². The number of nitrogens with one attached hydrogen (secondary N) is 1. The van der Waals surface area contributed by atoms with Gasteiger partial charge in [0.1, 0.15) is 5.01 Å². The summed E-state index contributed by atoms with van der Waals surface area (Å²) < 4.78 is 0. The van der Waals surface area contributed by atoms with Crippen molar-refractivity contribution >= 4 is 34.0 Å². The smallest absolute Gasteiger partial charge is 0.257 e. The molecule has 1 aromatic heterocycles. The van der Waals surface area contributed by atoms with Crippen molar-refractivity contribution in [2.45, 2.75) is 26.2 Å². The number of hydrogen-bond donors (Lipinski definition) is 1. The Morgan fingerprint density at radius 1 is 1.14 bits per heavy atom. The number of rotatable bonds is 4. The third-order valence-corrected chi connectivity index (χ3v) is 5.84. The van der Waals surface area contributed by atoms with E-state index in [1.165, 1.54) is 11.3 Å². The monoisotopic (exact) mass is 392 g/mol. The molecule has 7 heteroatoms. The molecular formula is C21H20N4O2S. The molecule has 0 spiro atoms. The molecule has 28 heavy (non-hydrogen) atoms. The van der Waals surface area contributed by atoms with E-state index in [1.807, 2.05) is 56.3 Å². The fourth-order valence-electron chi connectivity index (χ4n) is 3.36. The van der Waals surface area contributed by atoms with Gasteiger partial charge in [-0.05, 0) is 43.2 Å². The van der Waals surface area contributed by atoms with Crippen LogP contribution in [0.5, 0.6) is 0 Å². The Morgan fingerprint density at radius 3 is 2.75 bits per heavy atom. The first kappa shape index (κ1) is 18.3. The second kappa shape index (κ2) is 7.52. The Hall–Kier alpha value is -3.06. The lowest BCUT2D eigenvalue weighted by Gasteiger charge is -2.16. The minimum atomic E-state index is -0.204. The van der Waals surface area contributed by atoms with Gasteiger partial charge in [0.25, 0.3) is 5.91 Å². The SMILES string of the molecule is Cc1cccc(N2CC(c3nnc(NC(=O)c4ccccc4C)s3)CC2=O)c1. The van der Waals surface area contributed by atoms with E-state index in [0.717, 1.165) is 21.8 Å². The summed E-state index contributed by atoms with van der Waals surface area (Å²) in [5, 5.41) is 12.3. The Balaban J connectivity index is 1.47. The lowest BCUT2D eigenvalue weighted by Crippen LogP contribution is -2.24. The van der Waals surface area contributed by atoms with Crippen LogP contribution in [-0.4, -0.2) is 28.6 Å². The number of anilines is 2. The van der Waals surface area contributed by atoms with Crippen LogP contribution in [0, 0.1) is 13.8 Å². The highest BCUT2D eigenvalue weighted by atomic mass is 32.1. The third kappa shape index (κ3) is 3.66. The number of hydrogen-bond acceptors (Lipinski definition) is 5. The molecule has 4 rings (SSSR count). The fourth-order valence-corrected chi connectivity index (χ4v) is 4.19. The summed E-state index contributed by atoms with van der Waals surface area (Å²) >= 11 is 1.33. The Labute approximate surface area is 167 Å². The molecule has 1 aliphatic heterocycles. The van der Waals surface area contributed by atoms with Crippen molar-refractivity contribution in [1.82, 2.24) is 10.2 Å². The maximum Gasteiger partial charge on any atom is 0.257 e. The first-order valence-corrected chi connectivity index (χ1v) is 9.90. The summed E-state index contributed by atoms with van der Waals surface area (Å²) in [4.78, 5) is 26.7. The zero-order chi connectivity index (χ0) is 19.7. The lowest BCUT2D eigenvalue weighted by atomic mass is 10.1. The van der Waals surface area contributed by atoms with Crippen LogP contribution in [0.25, 0.3) is 0 Å². The summed E-state index contributed by atoms with van der Waals surface area (Å²) in [5.41, 5.74) is 3.54. The van der Waals surface area contributed by atoms with Crippen molar-refractivity contribution in [3.05, 3.63) is 70.2 Å². The van der Waals surface area contributed by atoms with E-state index in [1.54, 1.807) is 11.0 Å². The molecule has 2 amide bonds. The molecule has 1 fully saturated rings. The third-order valence-electron chi connectivity index (χ3n) is 4.84. The maximum atomic E-state index is 12.5. The van der Waals surface area contributed by atoms with E-state index < -0.39 is 0 Å². The highest BCUT2D eigenvalue weighted by molar-refractivity contribution is 7.15. The molecule has 0 aliphatic carbocycles. The van der Waals surface area contributed by atoms with E-state index in [4.69, 9.17) is 0 Å². The Kier molecular flexibility index (Phi) is 4.92. The molecule has 0 radical (unpaired) electrons. The van der Waals surface area contributed by atoms with Crippen molar-refractivity contribution in [3.63, 3.8) is 0 Å². The first-order chi connectivity index (χ1) is 13.5. The fraction of sp³-hybridized carbons (Fsp3) is 0.238. The number of aryl methyl sites for hydroxylation is 2. The average molecular weight is 392 g/mol. The van der Waals surface area contributed by atoms with Gasteiger partial charge in [0.15, 0.2) is 0 Å². The lowest BCUT2D eigenvalue weighted by molar-refractivity contribution is -0.117. The van der Waals surface area contributed by atoms with Gasteiger partial charge in [-0.1, -0.05) is 41.7 Å². The highest BCUT2D eigenvalue weighted by Gasteiger charge is 2.34. The molecule has 2 heterocycles. The normalized spacial score (nSPS) is 16.4. The van der Waals surface area contributed by atoms with E-state index >= 15 is 0 Å². The average Bonchev–Trinajstić information content (AvgIpc) is 3.28. The largest absolute Gasteiger partial charge is 0.312 e. The molecule has 1 saturated heterocycles. The van der Waals surface area contributed by atoms with E-state index in [-0.39, 0.29) is 17.7 Å². The first-order valence-electron chi connectivity index (χ1n) is 9.08. The van der Waals surface area contributed by atoms with Crippen LogP contribution in [0.1, 0.15) is 38.8 Å². The number of aromatic nitrogens is 2. The molecule has 0 saturated carbocycles. The Morgan fingerprint density at radius 2 is 1.96 bits per heavy atom. The minimum Gasteiger partial charge on any atom is -0.312 e. The van der Waals surface area contributed by atoms with Crippen molar-refractivity contribution in [2.75, 3.05) is 16.8 Å². The van der Waals surface area contributed by atoms with Gasteiger partial charge in [-0.25, -0.2) is 0 Å². The van der Waals surface area contributed by atoms with Gasteiger partial charge < -0.3 is 4.90 Å². The second-order valence-electron chi connectivity index (χ2n) is 6.96. The molecule has 1 unspecified atom stereocenters. The molecule has 6 nitrogen and oxygen atoms in total. The van der Waals surface area contributed by atoms with Gasteiger partial charge in [0, 0.05) is 30.1 Å².